The van der Waals surface area contributed by atoms with Crippen molar-refractivity contribution < 1.29 is 9.13 Å². The maximum absolute atomic E-state index is 14.9. The molecule has 7 nitrogen and oxygen atoms in total. The Morgan fingerprint density at radius 2 is 1.89 bits per heavy atom. The Morgan fingerprint density at radius 3 is 2.51 bits per heavy atom. The summed E-state index contributed by atoms with van der Waals surface area (Å²) in [6.07, 6.45) is 4.57. The van der Waals surface area contributed by atoms with Gasteiger partial charge < -0.3 is 9.64 Å². The van der Waals surface area contributed by atoms with Crippen LogP contribution in [0, 0.1) is 5.92 Å². The van der Waals surface area contributed by atoms with Gasteiger partial charge in [0, 0.05) is 50.1 Å². The van der Waals surface area contributed by atoms with Crippen molar-refractivity contribution in [2.24, 2.45) is 21.0 Å². The summed E-state index contributed by atoms with van der Waals surface area (Å²) in [6.45, 7) is 6.70. The Labute approximate surface area is 209 Å². The van der Waals surface area contributed by atoms with Crippen molar-refractivity contribution >= 4 is 30.2 Å². The number of aliphatic imine (C=N–C) groups is 2. The summed E-state index contributed by atoms with van der Waals surface area (Å²) in [5.74, 6) is 0.525. The molecule has 0 radical (unpaired) electrons. The fourth-order valence-corrected chi connectivity index (χ4v) is 6.02. The van der Waals surface area contributed by atoms with E-state index < -0.39 is 10.6 Å². The SMILES string of the molecule is CC1CN=CC(F)=C1SC1(C)C(c2ccc(C3(C)OC=NN3C)cc2)N=C(c2ccccn2)N1C. The molecule has 35 heavy (non-hydrogen) atoms. The highest BCUT2D eigenvalue weighted by Crippen LogP contribution is 2.52. The van der Waals surface area contributed by atoms with Crippen molar-refractivity contribution in [2.45, 2.75) is 37.4 Å². The van der Waals surface area contributed by atoms with E-state index in [4.69, 9.17) is 9.73 Å². The summed E-state index contributed by atoms with van der Waals surface area (Å²) in [4.78, 5) is 16.1. The third-order valence-electron chi connectivity index (χ3n) is 7.10. The van der Waals surface area contributed by atoms with Gasteiger partial charge in [0.15, 0.2) is 18.1 Å². The molecule has 4 heterocycles. The first-order chi connectivity index (χ1) is 16.7. The van der Waals surface area contributed by atoms with Gasteiger partial charge in [0.25, 0.3) is 0 Å². The van der Waals surface area contributed by atoms with Crippen LogP contribution >= 0.6 is 11.8 Å². The molecular weight excluding hydrogens is 463 g/mol. The van der Waals surface area contributed by atoms with E-state index in [1.54, 1.807) is 11.2 Å². The highest BCUT2D eigenvalue weighted by molar-refractivity contribution is 8.04. The molecule has 0 saturated carbocycles. The van der Waals surface area contributed by atoms with Crippen LogP contribution in [0.5, 0.6) is 0 Å². The summed E-state index contributed by atoms with van der Waals surface area (Å²) in [5.41, 5.74) is 2.15. The topological polar surface area (TPSA) is 65.7 Å². The quantitative estimate of drug-likeness (QED) is 0.591. The first-order valence-electron chi connectivity index (χ1n) is 11.6. The zero-order valence-corrected chi connectivity index (χ0v) is 21.3. The summed E-state index contributed by atoms with van der Waals surface area (Å²) in [7, 11) is 3.89. The van der Waals surface area contributed by atoms with Crippen LogP contribution in [0.4, 0.5) is 4.39 Å². The molecule has 9 heteroatoms. The number of amidine groups is 1. The number of likely N-dealkylation sites (N-methyl/N-ethyl adjacent to an activating group) is 1. The molecule has 2 aromatic rings. The van der Waals surface area contributed by atoms with Gasteiger partial charge in [-0.1, -0.05) is 49.0 Å². The monoisotopic (exact) mass is 492 g/mol. The van der Waals surface area contributed by atoms with Crippen molar-refractivity contribution in [1.29, 1.82) is 0 Å². The van der Waals surface area contributed by atoms with Gasteiger partial charge in [-0.3, -0.25) is 20.0 Å². The van der Waals surface area contributed by atoms with Crippen LogP contribution in [0.2, 0.25) is 0 Å². The fourth-order valence-electron chi connectivity index (χ4n) is 4.62. The Bertz CT molecular complexity index is 1230. The lowest BCUT2D eigenvalue weighted by Crippen LogP contribution is -2.44. The number of aromatic nitrogens is 1. The molecule has 182 valence electrons. The molecule has 0 fully saturated rings. The summed E-state index contributed by atoms with van der Waals surface area (Å²) in [6, 6.07) is 13.8. The van der Waals surface area contributed by atoms with Gasteiger partial charge >= 0.3 is 0 Å². The number of hydrazone groups is 1. The fraction of sp³-hybridized carbons (Fsp3) is 0.385. The van der Waals surface area contributed by atoms with Crippen LogP contribution in [0.15, 0.2) is 74.5 Å². The van der Waals surface area contributed by atoms with Crippen LogP contribution in [0.25, 0.3) is 0 Å². The minimum atomic E-state index is -0.657. The second kappa shape index (κ2) is 8.78. The van der Waals surface area contributed by atoms with Crippen molar-refractivity contribution in [1.82, 2.24) is 14.9 Å². The lowest BCUT2D eigenvalue weighted by molar-refractivity contribution is -0.0343. The first kappa shape index (κ1) is 23.5. The van der Waals surface area contributed by atoms with E-state index in [0.717, 1.165) is 22.7 Å². The molecule has 0 spiro atoms. The van der Waals surface area contributed by atoms with E-state index in [2.05, 4.69) is 51.2 Å². The minimum Gasteiger partial charge on any atom is -0.450 e. The summed E-state index contributed by atoms with van der Waals surface area (Å²) < 4.78 is 20.7. The van der Waals surface area contributed by atoms with Crippen molar-refractivity contribution in [2.75, 3.05) is 20.6 Å². The Hall–Kier alpha value is -3.20. The van der Waals surface area contributed by atoms with Gasteiger partial charge in [0.2, 0.25) is 5.72 Å². The Morgan fingerprint density at radius 1 is 1.11 bits per heavy atom. The lowest BCUT2D eigenvalue weighted by atomic mass is 9.96. The number of benzene rings is 1. The Kier molecular flexibility index (Phi) is 5.91. The molecule has 1 aromatic carbocycles. The number of halogens is 1. The van der Waals surface area contributed by atoms with E-state index in [9.17, 15) is 4.39 Å². The highest BCUT2D eigenvalue weighted by atomic mass is 32.2. The normalized spacial score (nSPS) is 30.2. The van der Waals surface area contributed by atoms with Crippen molar-refractivity contribution in [3.8, 4) is 0 Å². The van der Waals surface area contributed by atoms with Crippen LogP contribution in [-0.4, -0.2) is 58.9 Å². The van der Waals surface area contributed by atoms with Gasteiger partial charge in [0.05, 0.1) is 6.21 Å². The lowest BCUT2D eigenvalue weighted by Gasteiger charge is -2.39. The number of pyridine rings is 1. The van der Waals surface area contributed by atoms with Crippen molar-refractivity contribution in [3.63, 3.8) is 0 Å². The molecule has 3 aliphatic rings. The number of allylic oxidation sites excluding steroid dienone is 1. The molecule has 0 amide bonds. The number of nitrogens with zero attached hydrogens (tertiary/aromatic N) is 6. The van der Waals surface area contributed by atoms with Crippen LogP contribution < -0.4 is 0 Å². The van der Waals surface area contributed by atoms with Crippen LogP contribution in [-0.2, 0) is 10.5 Å². The zero-order chi connectivity index (χ0) is 24.8. The van der Waals surface area contributed by atoms with Gasteiger partial charge in [-0.25, -0.2) is 4.39 Å². The molecule has 4 unspecified atom stereocenters. The molecule has 0 saturated heterocycles. The molecule has 0 aliphatic carbocycles. The second-order valence-corrected chi connectivity index (χ2v) is 10.8. The number of thioether (sulfide) groups is 1. The van der Waals surface area contributed by atoms with E-state index >= 15 is 0 Å². The maximum atomic E-state index is 14.9. The summed E-state index contributed by atoms with van der Waals surface area (Å²) in [5, 5.41) is 6.01. The maximum Gasteiger partial charge on any atom is 0.221 e. The predicted molar refractivity (Wildman–Crippen MR) is 139 cm³/mol. The third kappa shape index (κ3) is 3.91. The van der Waals surface area contributed by atoms with Crippen LogP contribution in [0.3, 0.4) is 0 Å². The molecule has 3 aliphatic heterocycles. The molecule has 0 bridgehead atoms. The van der Waals surface area contributed by atoms with E-state index in [1.165, 1.54) is 24.4 Å². The van der Waals surface area contributed by atoms with Gasteiger partial charge in [-0.05, 0) is 24.6 Å². The van der Waals surface area contributed by atoms with E-state index in [0.29, 0.717) is 11.4 Å². The smallest absolute Gasteiger partial charge is 0.221 e. The number of hydrogen-bond donors (Lipinski definition) is 0. The standard InChI is InChI=1S/C26H29FN6OS/c1-17-14-28-15-20(27)22(17)35-26(3)23(31-24(32(26)4)21-8-6-7-13-29-21)18-9-11-19(12-10-18)25(2)33(5)30-16-34-25/h6-13,15-17,23H,14H2,1-5H3. The Balaban J connectivity index is 1.55. The predicted octanol–water partition coefficient (Wildman–Crippen LogP) is 4.94. The van der Waals surface area contributed by atoms with Gasteiger partial charge in [-0.15, -0.1) is 5.10 Å². The highest BCUT2D eigenvalue weighted by Gasteiger charge is 2.49. The first-order valence-corrected chi connectivity index (χ1v) is 12.4. The zero-order valence-electron chi connectivity index (χ0n) is 20.5. The molecule has 0 N–H and O–H groups in total. The average molecular weight is 493 g/mol. The number of rotatable bonds is 5. The number of dihydropyridines is 1. The van der Waals surface area contributed by atoms with Gasteiger partial charge in [-0.2, -0.15) is 0 Å². The van der Waals surface area contributed by atoms with Crippen LogP contribution in [0.1, 0.15) is 43.6 Å². The van der Waals surface area contributed by atoms with Gasteiger partial charge in [0.1, 0.15) is 16.6 Å². The third-order valence-corrected chi connectivity index (χ3v) is 8.83. The largest absolute Gasteiger partial charge is 0.450 e. The molecular formula is C26H29FN6OS. The van der Waals surface area contributed by atoms with E-state index in [1.807, 2.05) is 46.1 Å². The number of ether oxygens (including phenoxy) is 1. The second-order valence-electron chi connectivity index (χ2n) is 9.36. The molecule has 5 rings (SSSR count). The molecule has 4 atom stereocenters. The number of hydrogen-bond acceptors (Lipinski definition) is 8. The molecule has 1 aromatic heterocycles. The summed E-state index contributed by atoms with van der Waals surface area (Å²) >= 11 is 1.53. The minimum absolute atomic E-state index is 0.00662. The average Bonchev–Trinajstić information content (AvgIpc) is 3.34. The van der Waals surface area contributed by atoms with Crippen molar-refractivity contribution in [3.05, 3.63) is 76.2 Å². The van der Waals surface area contributed by atoms with E-state index in [-0.39, 0.29) is 17.8 Å².